The van der Waals surface area contributed by atoms with Gasteiger partial charge in [-0.3, -0.25) is 0 Å². The Bertz CT molecular complexity index is 756. The number of aromatic nitrogens is 3. The molecular formula is C15H15N3S. The third-order valence-corrected chi connectivity index (χ3v) is 3.43. The van der Waals surface area contributed by atoms with E-state index in [0.717, 1.165) is 34.5 Å². The Morgan fingerprint density at radius 2 is 1.95 bits per heavy atom. The van der Waals surface area contributed by atoms with Gasteiger partial charge in [0.1, 0.15) is 10.3 Å². The highest BCUT2D eigenvalue weighted by atomic mass is 32.1. The van der Waals surface area contributed by atoms with Crippen LogP contribution in [-0.4, -0.2) is 14.2 Å². The van der Waals surface area contributed by atoms with Crippen LogP contribution in [0.5, 0.6) is 0 Å². The Morgan fingerprint density at radius 3 is 2.68 bits per heavy atom. The Labute approximate surface area is 117 Å². The van der Waals surface area contributed by atoms with Crippen LogP contribution in [0.15, 0.2) is 48.7 Å². The van der Waals surface area contributed by atoms with Gasteiger partial charge in [0.2, 0.25) is 0 Å². The predicted octanol–water partition coefficient (Wildman–Crippen LogP) is 3.94. The normalized spacial score (nSPS) is 11.0. The molecule has 0 aliphatic heterocycles. The van der Waals surface area contributed by atoms with Gasteiger partial charge < -0.3 is 4.57 Å². The van der Waals surface area contributed by atoms with Crippen molar-refractivity contribution in [2.75, 3.05) is 0 Å². The summed E-state index contributed by atoms with van der Waals surface area (Å²) in [6.45, 7) is 3.14. The van der Waals surface area contributed by atoms with Gasteiger partial charge in [-0.25, -0.2) is 4.52 Å². The highest BCUT2D eigenvalue weighted by Gasteiger charge is 2.07. The largest absolute Gasteiger partial charge is 0.333 e. The molecule has 0 radical (unpaired) electrons. The van der Waals surface area contributed by atoms with Gasteiger partial charge in [0.25, 0.3) is 0 Å². The SMILES string of the molecule is CCCn1ccc(=S)n2nc(-c3ccccc3)cc12. The summed E-state index contributed by atoms with van der Waals surface area (Å²) in [6.07, 6.45) is 3.13. The van der Waals surface area contributed by atoms with Crippen molar-refractivity contribution in [3.8, 4) is 11.3 Å². The average molecular weight is 269 g/mol. The van der Waals surface area contributed by atoms with Crippen molar-refractivity contribution in [3.05, 3.63) is 53.3 Å². The number of aryl methyl sites for hydroxylation is 1. The van der Waals surface area contributed by atoms with Gasteiger partial charge in [0.15, 0.2) is 0 Å². The smallest absolute Gasteiger partial charge is 0.137 e. The maximum Gasteiger partial charge on any atom is 0.137 e. The van der Waals surface area contributed by atoms with Crippen LogP contribution in [0, 0.1) is 4.64 Å². The van der Waals surface area contributed by atoms with E-state index in [0.29, 0.717) is 0 Å². The first-order chi connectivity index (χ1) is 9.29. The van der Waals surface area contributed by atoms with E-state index in [2.05, 4.69) is 34.8 Å². The summed E-state index contributed by atoms with van der Waals surface area (Å²) in [5.41, 5.74) is 3.12. The monoisotopic (exact) mass is 269 g/mol. The molecule has 4 heteroatoms. The topological polar surface area (TPSA) is 22.2 Å². The summed E-state index contributed by atoms with van der Waals surface area (Å²) in [6, 6.07) is 14.2. The standard InChI is InChI=1S/C15H15N3S/c1-2-9-17-10-8-15(19)18-14(17)11-13(16-18)12-6-4-3-5-7-12/h3-8,10-11H,2,9H2,1H3. The third kappa shape index (κ3) is 2.19. The fraction of sp³-hybridized carbons (Fsp3) is 0.200. The van der Waals surface area contributed by atoms with Crippen molar-refractivity contribution in [2.45, 2.75) is 19.9 Å². The summed E-state index contributed by atoms with van der Waals surface area (Å²) >= 11 is 5.35. The summed E-state index contributed by atoms with van der Waals surface area (Å²) < 4.78 is 4.77. The maximum atomic E-state index is 5.35. The van der Waals surface area contributed by atoms with Crippen molar-refractivity contribution in [3.63, 3.8) is 0 Å². The van der Waals surface area contributed by atoms with Crippen LogP contribution in [0.3, 0.4) is 0 Å². The first-order valence-electron chi connectivity index (χ1n) is 6.44. The van der Waals surface area contributed by atoms with Crippen LogP contribution in [-0.2, 0) is 6.54 Å². The van der Waals surface area contributed by atoms with Gasteiger partial charge in [-0.15, -0.1) is 0 Å². The summed E-state index contributed by atoms with van der Waals surface area (Å²) in [5, 5.41) is 4.62. The lowest BCUT2D eigenvalue weighted by Crippen LogP contribution is -2.03. The number of hydrogen-bond acceptors (Lipinski definition) is 2. The van der Waals surface area contributed by atoms with Gasteiger partial charge in [-0.05, 0) is 12.5 Å². The second-order valence-electron chi connectivity index (χ2n) is 4.51. The molecule has 2 heterocycles. The zero-order valence-electron chi connectivity index (χ0n) is 10.8. The molecule has 0 fully saturated rings. The van der Waals surface area contributed by atoms with Crippen LogP contribution in [0.4, 0.5) is 0 Å². The van der Waals surface area contributed by atoms with E-state index >= 15 is 0 Å². The molecular weight excluding hydrogens is 254 g/mol. The molecule has 0 aliphatic carbocycles. The summed E-state index contributed by atoms with van der Waals surface area (Å²) in [4.78, 5) is 0. The van der Waals surface area contributed by atoms with Gasteiger partial charge in [-0.2, -0.15) is 5.10 Å². The third-order valence-electron chi connectivity index (χ3n) is 3.12. The first-order valence-corrected chi connectivity index (χ1v) is 6.85. The Morgan fingerprint density at radius 1 is 1.16 bits per heavy atom. The highest BCUT2D eigenvalue weighted by Crippen LogP contribution is 2.19. The Balaban J connectivity index is 2.22. The molecule has 0 atom stereocenters. The molecule has 0 N–H and O–H groups in total. The van der Waals surface area contributed by atoms with Crippen molar-refractivity contribution in [1.29, 1.82) is 0 Å². The van der Waals surface area contributed by atoms with E-state index in [1.54, 1.807) is 0 Å². The average Bonchev–Trinajstić information content (AvgIpc) is 2.89. The molecule has 3 rings (SSSR count). The maximum absolute atomic E-state index is 5.35. The van der Waals surface area contributed by atoms with E-state index in [-0.39, 0.29) is 0 Å². The summed E-state index contributed by atoms with van der Waals surface area (Å²) in [7, 11) is 0. The number of nitrogens with zero attached hydrogens (tertiary/aromatic N) is 3. The van der Waals surface area contributed by atoms with Crippen LogP contribution >= 0.6 is 12.2 Å². The molecule has 2 aromatic heterocycles. The quantitative estimate of drug-likeness (QED) is 0.672. The number of rotatable bonds is 3. The van der Waals surface area contributed by atoms with Crippen LogP contribution in [0.2, 0.25) is 0 Å². The van der Waals surface area contributed by atoms with Gasteiger partial charge in [-0.1, -0.05) is 49.5 Å². The van der Waals surface area contributed by atoms with E-state index in [4.69, 9.17) is 12.2 Å². The van der Waals surface area contributed by atoms with Crippen molar-refractivity contribution in [1.82, 2.24) is 14.2 Å². The lowest BCUT2D eigenvalue weighted by atomic mass is 10.2. The Kier molecular flexibility index (Phi) is 3.17. The molecule has 0 saturated heterocycles. The molecule has 0 amide bonds. The minimum Gasteiger partial charge on any atom is -0.333 e. The molecule has 19 heavy (non-hydrogen) atoms. The molecule has 0 spiro atoms. The fourth-order valence-electron chi connectivity index (χ4n) is 2.22. The number of hydrogen-bond donors (Lipinski definition) is 0. The van der Waals surface area contributed by atoms with Crippen molar-refractivity contribution in [2.24, 2.45) is 0 Å². The second-order valence-corrected chi connectivity index (χ2v) is 4.93. The number of fused-ring (bicyclic) bond motifs is 1. The molecule has 0 bridgehead atoms. The molecule has 0 aliphatic rings. The molecule has 96 valence electrons. The molecule has 3 nitrogen and oxygen atoms in total. The van der Waals surface area contributed by atoms with Crippen LogP contribution in [0.1, 0.15) is 13.3 Å². The zero-order valence-corrected chi connectivity index (χ0v) is 11.6. The van der Waals surface area contributed by atoms with E-state index in [1.165, 1.54) is 0 Å². The zero-order chi connectivity index (χ0) is 13.2. The van der Waals surface area contributed by atoms with E-state index in [1.807, 2.05) is 35.0 Å². The molecule has 1 aromatic carbocycles. The molecule has 0 saturated carbocycles. The van der Waals surface area contributed by atoms with Crippen molar-refractivity contribution < 1.29 is 0 Å². The Hall–Kier alpha value is -1.94. The van der Waals surface area contributed by atoms with E-state index in [9.17, 15) is 0 Å². The lowest BCUT2D eigenvalue weighted by molar-refractivity contribution is 0.675. The summed E-state index contributed by atoms with van der Waals surface area (Å²) in [5.74, 6) is 0. The highest BCUT2D eigenvalue weighted by molar-refractivity contribution is 7.71. The molecule has 3 aromatic rings. The fourth-order valence-corrected chi connectivity index (χ4v) is 2.41. The van der Waals surface area contributed by atoms with E-state index < -0.39 is 0 Å². The van der Waals surface area contributed by atoms with Crippen molar-refractivity contribution >= 4 is 17.9 Å². The van der Waals surface area contributed by atoms with Gasteiger partial charge >= 0.3 is 0 Å². The minimum atomic E-state index is 0.740. The second kappa shape index (κ2) is 4.97. The molecule has 0 unspecified atom stereocenters. The predicted molar refractivity (Wildman–Crippen MR) is 79.7 cm³/mol. The van der Waals surface area contributed by atoms with Crippen LogP contribution < -0.4 is 0 Å². The first kappa shape index (κ1) is 12.1. The van der Waals surface area contributed by atoms with Gasteiger partial charge in [0.05, 0.1) is 5.69 Å². The lowest BCUT2D eigenvalue weighted by Gasteiger charge is -2.06. The van der Waals surface area contributed by atoms with Crippen LogP contribution in [0.25, 0.3) is 16.9 Å². The van der Waals surface area contributed by atoms with Gasteiger partial charge in [0, 0.05) is 24.4 Å². The number of benzene rings is 1. The minimum absolute atomic E-state index is 0.740.